The number of nitrogens with one attached hydrogen (secondary N) is 1. The number of phenols is 1. The summed E-state index contributed by atoms with van der Waals surface area (Å²) in [5, 5.41) is 27.7. The number of Topliss-reactive ketones (excluding diaryl/α,β-unsaturated/α-hetero) is 4. The number of aliphatic hydroxyl groups is 1. The molecular formula is C37H38N2O9. The molecule has 11 heteroatoms. The third-order valence-corrected chi connectivity index (χ3v) is 10.4. The van der Waals surface area contributed by atoms with Crippen molar-refractivity contribution in [1.29, 1.82) is 0 Å². The number of benzene rings is 3. The Morgan fingerprint density at radius 2 is 1.69 bits per heavy atom. The predicted molar refractivity (Wildman–Crippen MR) is 173 cm³/mol. The smallest absolute Gasteiger partial charge is 0.319 e. The normalized spacial score (nSPS) is 26.6. The molecule has 1 amide bonds. The van der Waals surface area contributed by atoms with Crippen molar-refractivity contribution < 1.29 is 43.7 Å². The Morgan fingerprint density at radius 1 is 1.00 bits per heavy atom. The molecule has 0 heterocycles. The van der Waals surface area contributed by atoms with Crippen molar-refractivity contribution in [3.8, 4) is 16.9 Å². The zero-order valence-electron chi connectivity index (χ0n) is 26.9. The van der Waals surface area contributed by atoms with Crippen molar-refractivity contribution in [1.82, 2.24) is 5.32 Å². The number of nitrogens with two attached hydrogens (primary N) is 1. The van der Waals surface area contributed by atoms with Gasteiger partial charge in [-0.2, -0.15) is 0 Å². The van der Waals surface area contributed by atoms with E-state index in [4.69, 9.17) is 10.5 Å². The number of hydrogen-bond donors (Lipinski definition) is 4. The van der Waals surface area contributed by atoms with Gasteiger partial charge in [0.2, 0.25) is 5.91 Å². The number of ether oxygens (including phenoxy) is 1. The summed E-state index contributed by atoms with van der Waals surface area (Å²) in [4.78, 5) is 79.5. The average molecular weight is 655 g/mol. The van der Waals surface area contributed by atoms with E-state index in [0.29, 0.717) is 24.3 Å². The van der Waals surface area contributed by atoms with Gasteiger partial charge in [0.15, 0.2) is 34.7 Å². The molecule has 0 saturated heterocycles. The SMILES string of the molecule is CCOC(=O)CNCc1ccc(-c2ccc(O)c3c2C[C@H]2C[C@H]4[C@H](C(C)C)C(=O)C(C(N)=O)C(=O)[C@@]4(O)C(=O)C2C3=O)c2ccccc12. The van der Waals surface area contributed by atoms with Gasteiger partial charge in [-0.15, -0.1) is 0 Å². The van der Waals surface area contributed by atoms with Gasteiger partial charge in [0, 0.05) is 18.4 Å². The van der Waals surface area contributed by atoms with Gasteiger partial charge >= 0.3 is 5.97 Å². The lowest BCUT2D eigenvalue weighted by Gasteiger charge is -2.52. The third kappa shape index (κ3) is 5.03. The summed E-state index contributed by atoms with van der Waals surface area (Å²) in [6.07, 6.45) is 0.169. The fourth-order valence-corrected chi connectivity index (χ4v) is 8.37. The standard InChI is InChI=1S/C37H38N2O9/c1-4-48-27(41)16-39-15-18-9-10-22(21-8-6-5-7-20(18)21)23-11-12-26(40)30-24(23)13-19-14-25-28(17(2)3)32(42)31(36(38)46)35(45)37(25,47)34(44)29(19)33(30)43/h5-12,17,19,25,28-29,31,39-40,47H,4,13-16H2,1-3H3,(H2,38,46)/t19-,25-,28-,29?,31?,37-/m0/s1. The molecule has 0 spiro atoms. The number of aromatic hydroxyl groups is 1. The molecule has 5 N–H and O–H groups in total. The van der Waals surface area contributed by atoms with E-state index in [1.807, 2.05) is 36.4 Å². The molecule has 3 aromatic rings. The molecule has 2 unspecified atom stereocenters. The predicted octanol–water partition coefficient (Wildman–Crippen LogP) is 2.68. The molecule has 0 aromatic heterocycles. The van der Waals surface area contributed by atoms with Gasteiger partial charge in [-0.1, -0.05) is 56.3 Å². The maximum absolute atomic E-state index is 14.2. The van der Waals surface area contributed by atoms with E-state index >= 15 is 0 Å². The molecule has 0 bridgehead atoms. The van der Waals surface area contributed by atoms with Crippen molar-refractivity contribution in [3.63, 3.8) is 0 Å². The molecule has 11 nitrogen and oxygen atoms in total. The van der Waals surface area contributed by atoms with Crippen molar-refractivity contribution in [2.45, 2.75) is 45.8 Å². The van der Waals surface area contributed by atoms with Gasteiger partial charge in [-0.25, -0.2) is 0 Å². The van der Waals surface area contributed by atoms with Crippen LogP contribution in [0, 0.1) is 35.5 Å². The molecule has 2 saturated carbocycles. The molecule has 0 radical (unpaired) electrons. The number of fused-ring (bicyclic) bond motifs is 4. The maximum Gasteiger partial charge on any atom is 0.319 e. The maximum atomic E-state index is 14.2. The van der Waals surface area contributed by atoms with Crippen LogP contribution >= 0.6 is 0 Å². The Balaban J connectivity index is 1.43. The highest BCUT2D eigenvalue weighted by Gasteiger charge is 2.69. The van der Waals surface area contributed by atoms with Crippen LogP contribution in [-0.4, -0.2) is 64.0 Å². The first-order valence-electron chi connectivity index (χ1n) is 16.2. The fraction of sp³-hybridized carbons (Fsp3) is 0.405. The minimum absolute atomic E-state index is 0.00477. The first kappa shape index (κ1) is 33.2. The minimum atomic E-state index is -2.74. The van der Waals surface area contributed by atoms with Crippen molar-refractivity contribution in [2.24, 2.45) is 41.2 Å². The Labute approximate surface area is 276 Å². The third-order valence-electron chi connectivity index (χ3n) is 10.4. The summed E-state index contributed by atoms with van der Waals surface area (Å²) < 4.78 is 5.00. The van der Waals surface area contributed by atoms with E-state index in [-0.39, 0.29) is 36.7 Å². The number of hydrogen-bond acceptors (Lipinski definition) is 10. The van der Waals surface area contributed by atoms with Crippen molar-refractivity contribution in [2.75, 3.05) is 13.2 Å². The van der Waals surface area contributed by atoms with Crippen LogP contribution in [-0.2, 0) is 41.7 Å². The van der Waals surface area contributed by atoms with Crippen LogP contribution in [0.15, 0.2) is 48.5 Å². The van der Waals surface area contributed by atoms with Crippen LogP contribution in [0.4, 0.5) is 0 Å². The number of ketones is 4. The molecule has 3 aromatic carbocycles. The Morgan fingerprint density at radius 3 is 2.35 bits per heavy atom. The fourth-order valence-electron chi connectivity index (χ4n) is 8.37. The molecule has 2 fully saturated rings. The lowest BCUT2D eigenvalue weighted by atomic mass is 9.49. The number of amides is 1. The summed E-state index contributed by atoms with van der Waals surface area (Å²) in [6.45, 7) is 5.91. The summed E-state index contributed by atoms with van der Waals surface area (Å²) in [5.41, 5.74) is 5.55. The van der Waals surface area contributed by atoms with E-state index in [2.05, 4.69) is 5.32 Å². The summed E-state index contributed by atoms with van der Waals surface area (Å²) in [7, 11) is 0. The molecule has 48 heavy (non-hydrogen) atoms. The molecule has 3 aliphatic carbocycles. The Hall–Kier alpha value is -4.74. The first-order valence-corrected chi connectivity index (χ1v) is 16.2. The molecule has 3 aliphatic rings. The summed E-state index contributed by atoms with van der Waals surface area (Å²) in [5.74, 6) is -12.4. The molecule has 6 atom stereocenters. The van der Waals surface area contributed by atoms with E-state index in [9.17, 15) is 39.0 Å². The summed E-state index contributed by atoms with van der Waals surface area (Å²) >= 11 is 0. The van der Waals surface area contributed by atoms with E-state index in [1.54, 1.807) is 26.8 Å². The number of phenolic OH excluding ortho intramolecular Hbond substituents is 1. The number of rotatable bonds is 8. The largest absolute Gasteiger partial charge is 0.507 e. The topological polar surface area (TPSA) is 190 Å². The molecule has 6 rings (SSSR count). The zero-order valence-corrected chi connectivity index (χ0v) is 26.9. The van der Waals surface area contributed by atoms with Crippen molar-refractivity contribution in [3.05, 3.63) is 65.2 Å². The van der Waals surface area contributed by atoms with Crippen LogP contribution in [0.1, 0.15) is 48.7 Å². The van der Waals surface area contributed by atoms with E-state index < -0.39 is 70.1 Å². The van der Waals surface area contributed by atoms with E-state index in [1.165, 1.54) is 6.07 Å². The zero-order chi connectivity index (χ0) is 34.7. The van der Waals surface area contributed by atoms with Gasteiger partial charge in [0.25, 0.3) is 0 Å². The quantitative estimate of drug-likeness (QED) is 0.208. The number of esters is 1. The molecule has 0 aliphatic heterocycles. The summed E-state index contributed by atoms with van der Waals surface area (Å²) in [6, 6.07) is 14.6. The van der Waals surface area contributed by atoms with Gasteiger partial charge < -0.3 is 26.0 Å². The van der Waals surface area contributed by atoms with Crippen LogP contribution in [0.25, 0.3) is 21.9 Å². The highest BCUT2D eigenvalue weighted by atomic mass is 16.5. The van der Waals surface area contributed by atoms with Gasteiger partial charge in [0.05, 0.1) is 24.6 Å². The van der Waals surface area contributed by atoms with Gasteiger partial charge in [0.1, 0.15) is 5.75 Å². The van der Waals surface area contributed by atoms with Crippen LogP contribution in [0.2, 0.25) is 0 Å². The highest BCUT2D eigenvalue weighted by Crippen LogP contribution is 2.54. The second-order valence-electron chi connectivity index (χ2n) is 13.4. The molecule has 250 valence electrons. The van der Waals surface area contributed by atoms with Crippen LogP contribution < -0.4 is 11.1 Å². The second kappa shape index (κ2) is 12.4. The van der Waals surface area contributed by atoms with Crippen LogP contribution in [0.5, 0.6) is 5.75 Å². The second-order valence-corrected chi connectivity index (χ2v) is 13.4. The van der Waals surface area contributed by atoms with E-state index in [0.717, 1.165) is 21.9 Å². The van der Waals surface area contributed by atoms with Crippen molar-refractivity contribution >= 4 is 45.8 Å². The minimum Gasteiger partial charge on any atom is -0.507 e. The lowest BCUT2D eigenvalue weighted by Crippen LogP contribution is -2.71. The van der Waals surface area contributed by atoms with Gasteiger partial charge in [-0.3, -0.25) is 28.8 Å². The number of carbonyl (C=O) groups excluding carboxylic acids is 6. The monoisotopic (exact) mass is 654 g/mol. The lowest BCUT2D eigenvalue weighted by molar-refractivity contribution is -0.182. The Kier molecular flexibility index (Phi) is 8.55. The molecular weight excluding hydrogens is 616 g/mol. The Bertz CT molecular complexity index is 1900. The highest BCUT2D eigenvalue weighted by molar-refractivity contribution is 6.32. The number of primary amides is 1. The first-order chi connectivity index (χ1) is 22.8. The average Bonchev–Trinajstić information content (AvgIpc) is 3.03. The van der Waals surface area contributed by atoms with Crippen LogP contribution in [0.3, 0.4) is 0 Å². The van der Waals surface area contributed by atoms with Gasteiger partial charge in [-0.05, 0) is 70.7 Å². The number of carbonyl (C=O) groups is 6.